The monoisotopic (exact) mass is 352 g/mol. The van der Waals surface area contributed by atoms with Gasteiger partial charge in [-0.3, -0.25) is 4.90 Å². The first-order valence-corrected chi connectivity index (χ1v) is 10.6. The molecule has 0 N–H and O–H groups in total. The summed E-state index contributed by atoms with van der Waals surface area (Å²) >= 11 is 1.70. The fourth-order valence-electron chi connectivity index (χ4n) is 3.58. The van der Waals surface area contributed by atoms with Crippen LogP contribution in [0.1, 0.15) is 11.3 Å². The van der Waals surface area contributed by atoms with Crippen LogP contribution in [0.25, 0.3) is 10.2 Å². The van der Waals surface area contributed by atoms with Crippen LogP contribution in [0.5, 0.6) is 0 Å². The van der Waals surface area contributed by atoms with E-state index >= 15 is 0 Å². The number of rotatable bonds is 2. The van der Waals surface area contributed by atoms with Gasteiger partial charge in [0.1, 0.15) is 17.0 Å². The van der Waals surface area contributed by atoms with Gasteiger partial charge in [0.05, 0.1) is 16.9 Å². The van der Waals surface area contributed by atoms with Crippen molar-refractivity contribution in [3.8, 4) is 0 Å². The van der Waals surface area contributed by atoms with Crippen LogP contribution in [0.2, 0.25) is 0 Å². The molecule has 6 nitrogen and oxygen atoms in total. The van der Waals surface area contributed by atoms with Gasteiger partial charge in [-0.1, -0.05) is 0 Å². The van der Waals surface area contributed by atoms with Crippen molar-refractivity contribution in [1.82, 2.24) is 14.9 Å². The minimum atomic E-state index is -2.81. The molecular formula is C15H20N4O2S2. The number of hydrogen-bond donors (Lipinski definition) is 0. The molecule has 0 amide bonds. The molecule has 2 saturated heterocycles. The number of fused-ring (bicyclic) bond motifs is 1. The first-order chi connectivity index (χ1) is 11.0. The summed E-state index contributed by atoms with van der Waals surface area (Å²) in [5, 5.41) is 1.13. The molecule has 0 saturated carbocycles. The molecule has 23 heavy (non-hydrogen) atoms. The quantitative estimate of drug-likeness (QED) is 0.812. The normalized spacial score (nSPS) is 25.3. The van der Waals surface area contributed by atoms with Crippen LogP contribution in [0, 0.1) is 6.92 Å². The highest BCUT2D eigenvalue weighted by molar-refractivity contribution is 7.91. The van der Waals surface area contributed by atoms with E-state index in [1.165, 1.54) is 4.88 Å². The SMILES string of the molecule is Cc1cc2c(N3CCN(C4CCS(=O)(=O)C4)CC3)ncnc2s1. The predicted molar refractivity (Wildman–Crippen MR) is 93.0 cm³/mol. The summed E-state index contributed by atoms with van der Waals surface area (Å²) in [5.74, 6) is 1.69. The van der Waals surface area contributed by atoms with E-state index in [4.69, 9.17) is 0 Å². The van der Waals surface area contributed by atoms with Gasteiger partial charge in [0.15, 0.2) is 9.84 Å². The first-order valence-electron chi connectivity index (χ1n) is 7.92. The minimum Gasteiger partial charge on any atom is -0.353 e. The van der Waals surface area contributed by atoms with Crippen molar-refractivity contribution in [3.63, 3.8) is 0 Å². The highest BCUT2D eigenvalue weighted by atomic mass is 32.2. The summed E-state index contributed by atoms with van der Waals surface area (Å²) in [6.07, 6.45) is 2.42. The van der Waals surface area contributed by atoms with Crippen molar-refractivity contribution < 1.29 is 8.42 Å². The van der Waals surface area contributed by atoms with Crippen molar-refractivity contribution >= 4 is 37.2 Å². The molecule has 0 radical (unpaired) electrons. The van der Waals surface area contributed by atoms with Gasteiger partial charge in [-0.05, 0) is 19.4 Å². The number of piperazine rings is 1. The van der Waals surface area contributed by atoms with Crippen molar-refractivity contribution in [2.45, 2.75) is 19.4 Å². The van der Waals surface area contributed by atoms with Crippen LogP contribution in [0.3, 0.4) is 0 Å². The van der Waals surface area contributed by atoms with E-state index < -0.39 is 9.84 Å². The highest BCUT2D eigenvalue weighted by Gasteiger charge is 2.34. The second kappa shape index (κ2) is 5.68. The van der Waals surface area contributed by atoms with Gasteiger partial charge in [0.2, 0.25) is 0 Å². The topological polar surface area (TPSA) is 66.4 Å². The Morgan fingerprint density at radius 3 is 2.70 bits per heavy atom. The zero-order valence-electron chi connectivity index (χ0n) is 13.1. The molecule has 0 spiro atoms. The summed E-state index contributed by atoms with van der Waals surface area (Å²) in [6.45, 7) is 5.66. The van der Waals surface area contributed by atoms with E-state index in [2.05, 4.69) is 32.8 Å². The molecular weight excluding hydrogens is 332 g/mol. The molecule has 2 aromatic heterocycles. The zero-order chi connectivity index (χ0) is 16.0. The molecule has 124 valence electrons. The van der Waals surface area contributed by atoms with Crippen molar-refractivity contribution in [2.75, 3.05) is 42.6 Å². The molecule has 2 aromatic rings. The maximum absolute atomic E-state index is 11.7. The van der Waals surface area contributed by atoms with Gasteiger partial charge in [-0.15, -0.1) is 11.3 Å². The summed E-state index contributed by atoms with van der Waals surface area (Å²) in [5.41, 5.74) is 0. The largest absolute Gasteiger partial charge is 0.353 e. The number of anilines is 1. The molecule has 4 heterocycles. The smallest absolute Gasteiger partial charge is 0.151 e. The molecule has 2 aliphatic rings. The van der Waals surface area contributed by atoms with Crippen LogP contribution < -0.4 is 4.90 Å². The zero-order valence-corrected chi connectivity index (χ0v) is 14.7. The third kappa shape index (κ3) is 2.95. The molecule has 4 rings (SSSR count). The van der Waals surface area contributed by atoms with Gasteiger partial charge in [-0.2, -0.15) is 0 Å². The molecule has 0 aromatic carbocycles. The second-order valence-corrected chi connectivity index (χ2v) is 9.82. The van der Waals surface area contributed by atoms with Crippen LogP contribution in [0.4, 0.5) is 5.82 Å². The van der Waals surface area contributed by atoms with Crippen LogP contribution in [-0.2, 0) is 9.84 Å². The van der Waals surface area contributed by atoms with E-state index in [0.717, 1.165) is 48.6 Å². The van der Waals surface area contributed by atoms with Gasteiger partial charge in [-0.25, -0.2) is 18.4 Å². The number of thiophene rings is 1. The van der Waals surface area contributed by atoms with Crippen LogP contribution in [-0.4, -0.2) is 67.0 Å². The average molecular weight is 352 g/mol. The van der Waals surface area contributed by atoms with Gasteiger partial charge in [0, 0.05) is 37.1 Å². The fraction of sp³-hybridized carbons (Fsp3) is 0.600. The summed E-state index contributed by atoms with van der Waals surface area (Å²) in [6, 6.07) is 2.36. The second-order valence-electron chi connectivity index (χ2n) is 6.35. The maximum Gasteiger partial charge on any atom is 0.151 e. The number of sulfone groups is 1. The molecule has 0 aliphatic carbocycles. The number of nitrogens with zero attached hydrogens (tertiary/aromatic N) is 4. The summed E-state index contributed by atoms with van der Waals surface area (Å²) in [4.78, 5) is 15.8. The molecule has 2 fully saturated rings. The Morgan fingerprint density at radius 1 is 1.22 bits per heavy atom. The van der Waals surface area contributed by atoms with E-state index in [-0.39, 0.29) is 6.04 Å². The fourth-order valence-corrected chi connectivity index (χ4v) is 6.18. The molecule has 0 bridgehead atoms. The lowest BCUT2D eigenvalue weighted by molar-refractivity contribution is 0.200. The molecule has 1 atom stereocenters. The lowest BCUT2D eigenvalue weighted by Gasteiger charge is -2.38. The Hall–Kier alpha value is -1.25. The minimum absolute atomic E-state index is 0.205. The van der Waals surface area contributed by atoms with Gasteiger partial charge < -0.3 is 4.90 Å². The molecule has 2 aliphatic heterocycles. The Labute approximate surface area is 140 Å². The van der Waals surface area contributed by atoms with E-state index in [9.17, 15) is 8.42 Å². The molecule has 8 heteroatoms. The summed E-state index contributed by atoms with van der Waals surface area (Å²) < 4.78 is 23.3. The van der Waals surface area contributed by atoms with E-state index in [1.807, 2.05) is 0 Å². The Kier molecular flexibility index (Phi) is 3.78. The van der Waals surface area contributed by atoms with Gasteiger partial charge in [0.25, 0.3) is 0 Å². The van der Waals surface area contributed by atoms with E-state index in [1.54, 1.807) is 17.7 Å². The lowest BCUT2D eigenvalue weighted by Crippen LogP contribution is -2.51. The lowest BCUT2D eigenvalue weighted by atomic mass is 10.2. The number of aromatic nitrogens is 2. The van der Waals surface area contributed by atoms with Crippen molar-refractivity contribution in [2.24, 2.45) is 0 Å². The summed E-state index contributed by atoms with van der Waals surface area (Å²) in [7, 11) is -2.81. The third-order valence-electron chi connectivity index (χ3n) is 4.77. The Balaban J connectivity index is 1.49. The van der Waals surface area contributed by atoms with Crippen LogP contribution in [0.15, 0.2) is 12.4 Å². The first kappa shape index (κ1) is 15.3. The highest BCUT2D eigenvalue weighted by Crippen LogP contribution is 2.30. The average Bonchev–Trinajstić information content (AvgIpc) is 3.08. The van der Waals surface area contributed by atoms with E-state index in [0.29, 0.717) is 11.5 Å². The maximum atomic E-state index is 11.7. The Morgan fingerprint density at radius 2 is 2.00 bits per heavy atom. The van der Waals surface area contributed by atoms with Gasteiger partial charge >= 0.3 is 0 Å². The number of aryl methyl sites for hydroxylation is 1. The Bertz CT molecular complexity index is 825. The third-order valence-corrected chi connectivity index (χ3v) is 7.48. The number of hydrogen-bond acceptors (Lipinski definition) is 7. The van der Waals surface area contributed by atoms with Crippen molar-refractivity contribution in [1.29, 1.82) is 0 Å². The predicted octanol–water partition coefficient (Wildman–Crippen LogP) is 1.31. The van der Waals surface area contributed by atoms with Crippen LogP contribution >= 0.6 is 11.3 Å². The molecule has 1 unspecified atom stereocenters. The standard InChI is InChI=1S/C15H20N4O2S2/c1-11-8-13-14(16-10-17-15(13)22-11)19-5-3-18(4-6-19)12-2-7-23(20,21)9-12/h8,10,12H,2-7,9H2,1H3. The van der Waals surface area contributed by atoms with Crippen molar-refractivity contribution in [3.05, 3.63) is 17.3 Å².